The maximum Gasteiger partial charge on any atom is 0.423 e. The highest BCUT2D eigenvalue weighted by atomic mass is 35.5. The highest BCUT2D eigenvalue weighted by Crippen LogP contribution is 2.66. The van der Waals surface area contributed by atoms with E-state index in [9.17, 15) is 29.1 Å². The summed E-state index contributed by atoms with van der Waals surface area (Å²) < 4.78 is 4.66. The molecule has 1 saturated carbocycles. The first-order chi connectivity index (χ1) is 18.0. The zero-order valence-corrected chi connectivity index (χ0v) is 21.8. The van der Waals surface area contributed by atoms with Crippen LogP contribution in [0.25, 0.3) is 10.8 Å². The van der Waals surface area contributed by atoms with Gasteiger partial charge in [0, 0.05) is 23.9 Å². The van der Waals surface area contributed by atoms with E-state index in [4.69, 9.17) is 23.2 Å². The molecule has 6 atom stereocenters. The fourth-order valence-electron chi connectivity index (χ4n) is 6.87. The van der Waals surface area contributed by atoms with Gasteiger partial charge in [-0.05, 0) is 24.1 Å². The predicted octanol–water partition coefficient (Wildman–Crippen LogP) is 3.30. The molecule has 2 heterocycles. The molecule has 11 heteroatoms. The standard InChI is InChI=1S/C27H22Cl2N2O7/c1-30-23(35)26(28)11-17-14(9-10-15-18(17)22(34)31(21(15)33)25(37)38-2)19(27(26,29)24(30)36)16-8-7-12-5-3-4-6-13(12)20(16)32/h3-9,15,17-19,32H,10-11H2,1-2H3. The molecule has 196 valence electrons. The number of alkyl halides is 2. The van der Waals surface area contributed by atoms with Crippen LogP contribution < -0.4 is 0 Å². The quantitative estimate of drug-likeness (QED) is 0.325. The van der Waals surface area contributed by atoms with Gasteiger partial charge < -0.3 is 9.84 Å². The number of likely N-dealkylation sites (tertiary alicyclic amines) is 2. The van der Waals surface area contributed by atoms with Crippen LogP contribution in [0, 0.1) is 17.8 Å². The smallest absolute Gasteiger partial charge is 0.423 e. The summed E-state index contributed by atoms with van der Waals surface area (Å²) in [5, 5.41) is 12.7. The number of fused-ring (bicyclic) bond motifs is 5. The Kier molecular flexibility index (Phi) is 5.26. The van der Waals surface area contributed by atoms with E-state index in [1.807, 2.05) is 12.1 Å². The Morgan fingerprint density at radius 1 is 1.03 bits per heavy atom. The third-order valence-corrected chi connectivity index (χ3v) is 10.0. The summed E-state index contributed by atoms with van der Waals surface area (Å²) in [6, 6.07) is 10.5. The largest absolute Gasteiger partial charge is 0.507 e. The van der Waals surface area contributed by atoms with Gasteiger partial charge in [-0.15, -0.1) is 23.2 Å². The lowest BCUT2D eigenvalue weighted by molar-refractivity contribution is -0.139. The van der Waals surface area contributed by atoms with Gasteiger partial charge in [-0.3, -0.25) is 24.1 Å². The number of amides is 5. The van der Waals surface area contributed by atoms with Crippen molar-refractivity contribution < 1.29 is 33.8 Å². The van der Waals surface area contributed by atoms with Gasteiger partial charge in [0.05, 0.1) is 18.9 Å². The van der Waals surface area contributed by atoms with Crippen LogP contribution in [0.15, 0.2) is 48.0 Å². The zero-order valence-electron chi connectivity index (χ0n) is 20.3. The molecule has 2 aromatic rings. The Morgan fingerprint density at radius 3 is 2.45 bits per heavy atom. The lowest BCUT2D eigenvalue weighted by Gasteiger charge is -2.50. The molecule has 3 fully saturated rings. The molecule has 9 nitrogen and oxygen atoms in total. The summed E-state index contributed by atoms with van der Waals surface area (Å²) in [4.78, 5) is 63.3. The average Bonchev–Trinajstić information content (AvgIpc) is 3.24. The van der Waals surface area contributed by atoms with Crippen LogP contribution in [0.5, 0.6) is 5.75 Å². The van der Waals surface area contributed by atoms with Crippen LogP contribution in [-0.4, -0.2) is 68.5 Å². The Bertz CT molecular complexity index is 1520. The Labute approximate surface area is 226 Å². The van der Waals surface area contributed by atoms with Crippen molar-refractivity contribution in [2.75, 3.05) is 14.2 Å². The number of rotatable bonds is 1. The third kappa shape index (κ3) is 2.81. The number of halogens is 2. The zero-order chi connectivity index (χ0) is 27.3. The number of aromatic hydroxyl groups is 1. The SMILES string of the molecule is COC(=O)N1C(=O)C2CC=C3C(CC4(Cl)C(=O)N(C)C(=O)C4(Cl)C3c3ccc4ccccc4c3O)C2C1=O. The van der Waals surface area contributed by atoms with E-state index >= 15 is 0 Å². The highest BCUT2D eigenvalue weighted by molar-refractivity contribution is 6.53. The number of nitrogens with zero attached hydrogens (tertiary/aromatic N) is 2. The van der Waals surface area contributed by atoms with Crippen molar-refractivity contribution in [3.8, 4) is 5.75 Å². The highest BCUT2D eigenvalue weighted by Gasteiger charge is 2.76. The van der Waals surface area contributed by atoms with Gasteiger partial charge >= 0.3 is 6.09 Å². The van der Waals surface area contributed by atoms with Crippen molar-refractivity contribution in [1.82, 2.24) is 9.80 Å². The summed E-state index contributed by atoms with van der Waals surface area (Å²) in [5.41, 5.74) is 0.795. The van der Waals surface area contributed by atoms with Crippen LogP contribution in [0.4, 0.5) is 4.79 Å². The number of phenolic OH excluding ortho intramolecular Hbond substituents is 1. The second-order valence-electron chi connectivity index (χ2n) is 10.2. The van der Waals surface area contributed by atoms with Gasteiger partial charge in [0.15, 0.2) is 9.75 Å². The number of hydrogen-bond acceptors (Lipinski definition) is 7. The second-order valence-corrected chi connectivity index (χ2v) is 11.4. The number of carbonyl (C=O) groups is 5. The number of carbonyl (C=O) groups excluding carboxylic acids is 5. The molecule has 2 aliphatic carbocycles. The van der Waals surface area contributed by atoms with Crippen LogP contribution in [-0.2, 0) is 23.9 Å². The Balaban J connectivity index is 1.59. The lowest BCUT2D eigenvalue weighted by atomic mass is 9.56. The summed E-state index contributed by atoms with van der Waals surface area (Å²) in [6.45, 7) is 0. The van der Waals surface area contributed by atoms with Crippen molar-refractivity contribution in [3.63, 3.8) is 0 Å². The first-order valence-electron chi connectivity index (χ1n) is 12.1. The molecule has 38 heavy (non-hydrogen) atoms. The predicted molar refractivity (Wildman–Crippen MR) is 135 cm³/mol. The van der Waals surface area contributed by atoms with Crippen LogP contribution >= 0.6 is 23.2 Å². The topological polar surface area (TPSA) is 121 Å². The first-order valence-corrected chi connectivity index (χ1v) is 12.8. The second kappa shape index (κ2) is 8.04. The number of allylic oxidation sites excluding steroid dienone is 2. The van der Waals surface area contributed by atoms with E-state index in [1.165, 1.54) is 7.05 Å². The molecule has 1 N–H and O–H groups in total. The van der Waals surface area contributed by atoms with Gasteiger partial charge in [-0.25, -0.2) is 4.79 Å². The molecule has 2 aromatic carbocycles. The van der Waals surface area contributed by atoms with Gasteiger partial charge in [0.2, 0.25) is 11.8 Å². The lowest BCUT2D eigenvalue weighted by Crippen LogP contribution is -2.60. The molecule has 6 unspecified atom stereocenters. The van der Waals surface area contributed by atoms with E-state index in [2.05, 4.69) is 4.74 Å². The van der Waals surface area contributed by atoms with Crippen LogP contribution in [0.3, 0.4) is 0 Å². The monoisotopic (exact) mass is 556 g/mol. The van der Waals surface area contributed by atoms with Gasteiger partial charge in [-0.2, -0.15) is 4.90 Å². The molecule has 5 amide bonds. The molecular formula is C27H22Cl2N2O7. The minimum Gasteiger partial charge on any atom is -0.507 e. The fraction of sp³-hybridized carbons (Fsp3) is 0.370. The van der Waals surface area contributed by atoms with E-state index in [1.54, 1.807) is 30.3 Å². The maximum absolute atomic E-state index is 13.6. The third-order valence-electron chi connectivity index (χ3n) is 8.61. The van der Waals surface area contributed by atoms with Crippen molar-refractivity contribution in [1.29, 1.82) is 0 Å². The molecular weight excluding hydrogens is 535 g/mol. The molecule has 0 aromatic heterocycles. The number of phenols is 1. The molecule has 0 radical (unpaired) electrons. The number of methoxy groups -OCH3 is 1. The summed E-state index contributed by atoms with van der Waals surface area (Å²) in [7, 11) is 2.36. The van der Waals surface area contributed by atoms with E-state index in [0.717, 1.165) is 17.4 Å². The summed E-state index contributed by atoms with van der Waals surface area (Å²) in [5.74, 6) is -6.80. The van der Waals surface area contributed by atoms with Crippen molar-refractivity contribution in [3.05, 3.63) is 53.6 Å². The summed E-state index contributed by atoms with van der Waals surface area (Å²) in [6.07, 6.45) is 0.529. The summed E-state index contributed by atoms with van der Waals surface area (Å²) >= 11 is 14.2. The van der Waals surface area contributed by atoms with E-state index in [0.29, 0.717) is 15.9 Å². The maximum atomic E-state index is 13.6. The van der Waals surface area contributed by atoms with Gasteiger partial charge in [0.25, 0.3) is 11.8 Å². The number of benzene rings is 2. The van der Waals surface area contributed by atoms with Gasteiger partial charge in [-0.1, -0.05) is 48.0 Å². The van der Waals surface area contributed by atoms with E-state index in [-0.39, 0.29) is 24.2 Å². The first kappa shape index (κ1) is 24.9. The average molecular weight is 557 g/mol. The molecule has 4 aliphatic rings. The Morgan fingerprint density at radius 2 is 1.74 bits per heavy atom. The molecule has 2 saturated heterocycles. The fourth-order valence-corrected chi connectivity index (χ4v) is 7.88. The normalized spacial score (nSPS) is 34.3. The van der Waals surface area contributed by atoms with Crippen LogP contribution in [0.1, 0.15) is 24.3 Å². The minimum absolute atomic E-state index is 0.0969. The molecule has 2 aliphatic heterocycles. The minimum atomic E-state index is -2.01. The number of imide groups is 4. The number of hydrogen-bond donors (Lipinski definition) is 1. The molecule has 0 spiro atoms. The molecule has 6 rings (SSSR count). The molecule has 0 bridgehead atoms. The Hall–Kier alpha value is -3.43. The number of ether oxygens (including phenoxy) is 1. The van der Waals surface area contributed by atoms with Crippen molar-refractivity contribution in [2.45, 2.75) is 28.5 Å². The van der Waals surface area contributed by atoms with Gasteiger partial charge in [0.1, 0.15) is 5.75 Å². The van der Waals surface area contributed by atoms with Crippen LogP contribution in [0.2, 0.25) is 0 Å². The van der Waals surface area contributed by atoms with Crippen molar-refractivity contribution >= 4 is 63.7 Å². The van der Waals surface area contributed by atoms with E-state index < -0.39 is 63.1 Å². The van der Waals surface area contributed by atoms with Crippen molar-refractivity contribution in [2.24, 2.45) is 17.8 Å².